The summed E-state index contributed by atoms with van der Waals surface area (Å²) < 4.78 is 4.91. The molecule has 3 nitrogen and oxygen atoms in total. The quantitative estimate of drug-likeness (QED) is 0.772. The average molecular weight is 180 g/mol. The Morgan fingerprint density at radius 3 is 2.77 bits per heavy atom. The molecule has 1 N–H and O–H groups in total. The van der Waals surface area contributed by atoms with Crippen molar-refractivity contribution in [3.8, 4) is 0 Å². The predicted molar refractivity (Wildman–Crippen MR) is 48.9 cm³/mol. The molecule has 3 heteroatoms. The summed E-state index contributed by atoms with van der Waals surface area (Å²) in [4.78, 5) is 10.9. The minimum atomic E-state index is -0.898. The van der Waals surface area contributed by atoms with Crippen molar-refractivity contribution in [2.24, 2.45) is 0 Å². The topological polar surface area (TPSA) is 46.5 Å². The van der Waals surface area contributed by atoms with Crippen LogP contribution in [0.2, 0.25) is 0 Å². The lowest BCUT2D eigenvalue weighted by atomic mass is 10.0. The molecule has 0 saturated heterocycles. The summed E-state index contributed by atoms with van der Waals surface area (Å²) in [5, 5.41) is 8.92. The zero-order valence-electron chi connectivity index (χ0n) is 7.70. The van der Waals surface area contributed by atoms with Crippen LogP contribution in [0.4, 0.5) is 0 Å². The van der Waals surface area contributed by atoms with Gasteiger partial charge in [0.1, 0.15) is 0 Å². The third kappa shape index (κ3) is 2.06. The molecular weight excluding hydrogens is 168 g/mol. The van der Waals surface area contributed by atoms with Crippen LogP contribution in [0.3, 0.4) is 0 Å². The van der Waals surface area contributed by atoms with Crippen molar-refractivity contribution >= 4 is 5.97 Å². The van der Waals surface area contributed by atoms with Gasteiger partial charge in [-0.3, -0.25) is 0 Å². The van der Waals surface area contributed by atoms with Gasteiger partial charge in [-0.25, -0.2) is 4.79 Å². The Morgan fingerprint density at radius 2 is 2.23 bits per heavy atom. The second-order valence-electron chi connectivity index (χ2n) is 2.85. The van der Waals surface area contributed by atoms with E-state index in [4.69, 9.17) is 9.84 Å². The summed E-state index contributed by atoms with van der Waals surface area (Å²) >= 11 is 0. The van der Waals surface area contributed by atoms with Gasteiger partial charge in [0.25, 0.3) is 0 Å². The van der Waals surface area contributed by atoms with Crippen LogP contribution in [0.25, 0.3) is 0 Å². The maximum absolute atomic E-state index is 10.9. The minimum absolute atomic E-state index is 0.337. The van der Waals surface area contributed by atoms with Crippen LogP contribution in [0.1, 0.15) is 21.5 Å². The second-order valence-corrected chi connectivity index (χ2v) is 2.85. The Hall–Kier alpha value is -1.35. The van der Waals surface area contributed by atoms with E-state index in [-0.39, 0.29) is 0 Å². The zero-order chi connectivity index (χ0) is 9.84. The van der Waals surface area contributed by atoms with E-state index < -0.39 is 5.97 Å². The fourth-order valence-electron chi connectivity index (χ4n) is 1.31. The maximum atomic E-state index is 10.9. The SMILES string of the molecule is COCc1cccc(C)c1C(=O)O. The number of benzene rings is 1. The summed E-state index contributed by atoms with van der Waals surface area (Å²) in [6.45, 7) is 2.12. The molecule has 0 aromatic heterocycles. The molecule has 0 aliphatic heterocycles. The molecule has 0 heterocycles. The van der Waals surface area contributed by atoms with Gasteiger partial charge >= 0.3 is 5.97 Å². The highest BCUT2D eigenvalue weighted by Gasteiger charge is 2.11. The molecule has 0 atom stereocenters. The van der Waals surface area contributed by atoms with Gasteiger partial charge in [0.05, 0.1) is 12.2 Å². The molecule has 0 radical (unpaired) electrons. The summed E-state index contributed by atoms with van der Waals surface area (Å²) in [6, 6.07) is 5.37. The molecule has 0 saturated carbocycles. The van der Waals surface area contributed by atoms with Crippen LogP contribution in [0, 0.1) is 6.92 Å². The van der Waals surface area contributed by atoms with Crippen LogP contribution in [-0.2, 0) is 11.3 Å². The maximum Gasteiger partial charge on any atom is 0.336 e. The molecule has 0 fully saturated rings. The van der Waals surface area contributed by atoms with Crippen molar-refractivity contribution in [2.75, 3.05) is 7.11 Å². The van der Waals surface area contributed by atoms with Crippen LogP contribution in [0.5, 0.6) is 0 Å². The first-order valence-corrected chi connectivity index (χ1v) is 3.97. The largest absolute Gasteiger partial charge is 0.478 e. The minimum Gasteiger partial charge on any atom is -0.478 e. The third-order valence-corrected chi connectivity index (χ3v) is 1.87. The highest BCUT2D eigenvalue weighted by atomic mass is 16.5. The third-order valence-electron chi connectivity index (χ3n) is 1.87. The average Bonchev–Trinajstić information content (AvgIpc) is 2.04. The first kappa shape index (κ1) is 9.74. The van der Waals surface area contributed by atoms with Crippen molar-refractivity contribution in [1.29, 1.82) is 0 Å². The zero-order valence-corrected chi connectivity index (χ0v) is 7.70. The number of rotatable bonds is 3. The van der Waals surface area contributed by atoms with Crippen molar-refractivity contribution < 1.29 is 14.6 Å². The van der Waals surface area contributed by atoms with Gasteiger partial charge in [-0.15, -0.1) is 0 Å². The number of aryl methyl sites for hydroxylation is 1. The van der Waals surface area contributed by atoms with Gasteiger partial charge in [-0.2, -0.15) is 0 Å². The van der Waals surface area contributed by atoms with E-state index in [0.717, 1.165) is 11.1 Å². The predicted octanol–water partition coefficient (Wildman–Crippen LogP) is 1.84. The molecule has 1 aromatic rings. The molecule has 1 aromatic carbocycles. The number of carbonyl (C=O) groups is 1. The van der Waals surface area contributed by atoms with E-state index in [1.54, 1.807) is 26.2 Å². The lowest BCUT2D eigenvalue weighted by molar-refractivity contribution is 0.0691. The van der Waals surface area contributed by atoms with Crippen LogP contribution < -0.4 is 0 Å². The molecule has 70 valence electrons. The lowest BCUT2D eigenvalue weighted by Crippen LogP contribution is -2.05. The number of hydrogen-bond acceptors (Lipinski definition) is 2. The van der Waals surface area contributed by atoms with E-state index in [1.165, 1.54) is 0 Å². The highest BCUT2D eigenvalue weighted by molar-refractivity contribution is 5.91. The Morgan fingerprint density at radius 1 is 1.54 bits per heavy atom. The molecule has 0 aliphatic carbocycles. The molecular formula is C10H12O3. The number of carboxylic acid groups (broad SMARTS) is 1. The normalized spacial score (nSPS) is 10.0. The van der Waals surface area contributed by atoms with E-state index >= 15 is 0 Å². The van der Waals surface area contributed by atoms with Crippen LogP contribution >= 0.6 is 0 Å². The highest BCUT2D eigenvalue weighted by Crippen LogP contribution is 2.14. The van der Waals surface area contributed by atoms with Gasteiger partial charge in [0.15, 0.2) is 0 Å². The standard InChI is InChI=1S/C10H12O3/c1-7-4-3-5-8(6-13-2)9(7)10(11)12/h3-5H,6H2,1-2H3,(H,11,12). The number of carboxylic acids is 1. The fourth-order valence-corrected chi connectivity index (χ4v) is 1.31. The smallest absolute Gasteiger partial charge is 0.336 e. The van der Waals surface area contributed by atoms with Gasteiger partial charge in [-0.1, -0.05) is 18.2 Å². The first-order chi connectivity index (χ1) is 6.16. The van der Waals surface area contributed by atoms with Gasteiger partial charge in [-0.05, 0) is 18.1 Å². The second kappa shape index (κ2) is 4.05. The van der Waals surface area contributed by atoms with Gasteiger partial charge < -0.3 is 9.84 Å². The Bertz CT molecular complexity index is 318. The lowest BCUT2D eigenvalue weighted by Gasteiger charge is -2.07. The molecule has 1 rings (SSSR count). The van der Waals surface area contributed by atoms with Crippen molar-refractivity contribution in [3.63, 3.8) is 0 Å². The van der Waals surface area contributed by atoms with Crippen molar-refractivity contribution in [2.45, 2.75) is 13.5 Å². The van der Waals surface area contributed by atoms with Gasteiger partial charge in [0, 0.05) is 7.11 Å². The first-order valence-electron chi connectivity index (χ1n) is 3.97. The molecule has 0 aliphatic rings. The van der Waals surface area contributed by atoms with Crippen molar-refractivity contribution in [1.82, 2.24) is 0 Å². The Labute approximate surface area is 77.0 Å². The molecule has 0 spiro atoms. The summed E-state index contributed by atoms with van der Waals surface area (Å²) in [7, 11) is 1.55. The Balaban J connectivity index is 3.17. The fraction of sp³-hybridized carbons (Fsp3) is 0.300. The van der Waals surface area contributed by atoms with Crippen LogP contribution in [-0.4, -0.2) is 18.2 Å². The molecule has 0 amide bonds. The number of hydrogen-bond donors (Lipinski definition) is 1. The molecule has 0 unspecified atom stereocenters. The van der Waals surface area contributed by atoms with E-state index in [2.05, 4.69) is 0 Å². The summed E-state index contributed by atoms with van der Waals surface area (Å²) in [5.41, 5.74) is 1.83. The van der Waals surface area contributed by atoms with E-state index in [1.807, 2.05) is 6.07 Å². The van der Waals surface area contributed by atoms with Gasteiger partial charge in [0.2, 0.25) is 0 Å². The van der Waals surface area contributed by atoms with E-state index in [9.17, 15) is 4.79 Å². The van der Waals surface area contributed by atoms with Crippen molar-refractivity contribution in [3.05, 3.63) is 34.9 Å². The summed E-state index contributed by atoms with van der Waals surface area (Å²) in [5.74, 6) is -0.898. The summed E-state index contributed by atoms with van der Waals surface area (Å²) in [6.07, 6.45) is 0. The number of methoxy groups -OCH3 is 1. The Kier molecular flexibility index (Phi) is 3.03. The number of ether oxygens (including phenoxy) is 1. The molecule has 0 bridgehead atoms. The van der Waals surface area contributed by atoms with Crippen LogP contribution in [0.15, 0.2) is 18.2 Å². The number of aromatic carboxylic acids is 1. The molecule has 13 heavy (non-hydrogen) atoms. The monoisotopic (exact) mass is 180 g/mol. The van der Waals surface area contributed by atoms with E-state index in [0.29, 0.717) is 12.2 Å².